The van der Waals surface area contributed by atoms with Gasteiger partial charge in [0, 0.05) is 5.56 Å². The first kappa shape index (κ1) is 14.9. The summed E-state index contributed by atoms with van der Waals surface area (Å²) in [5, 5.41) is 13.2. The average Bonchev–Trinajstić information content (AvgIpc) is 2.49. The Labute approximate surface area is 126 Å². The highest BCUT2D eigenvalue weighted by Crippen LogP contribution is 2.21. The van der Waals surface area contributed by atoms with Crippen molar-refractivity contribution in [2.75, 3.05) is 12.5 Å². The number of carbonyl (C=O) groups is 1. The molecular weight excluding hydrogens is 292 g/mol. The number of nitrogens with zero attached hydrogens (tertiary/aromatic N) is 1. The van der Waals surface area contributed by atoms with Crippen molar-refractivity contribution in [3.63, 3.8) is 0 Å². The number of carboxylic acids is 1. The van der Waals surface area contributed by atoms with Crippen molar-refractivity contribution < 1.29 is 14.6 Å². The molecule has 0 saturated heterocycles. The third-order valence-corrected chi connectivity index (χ3v) is 3.06. The summed E-state index contributed by atoms with van der Waals surface area (Å²) in [6, 6.07) is 12.0. The van der Waals surface area contributed by atoms with Gasteiger partial charge in [0.2, 0.25) is 0 Å². The van der Waals surface area contributed by atoms with Gasteiger partial charge in [-0.2, -0.15) is 5.10 Å². The molecule has 0 fully saturated rings. The third-order valence-electron chi connectivity index (χ3n) is 2.73. The molecule has 0 aliphatic carbocycles. The van der Waals surface area contributed by atoms with Gasteiger partial charge in [-0.15, -0.1) is 0 Å². The van der Waals surface area contributed by atoms with Gasteiger partial charge in [-0.05, 0) is 30.3 Å². The Bertz CT molecular complexity index is 686. The zero-order chi connectivity index (χ0) is 15.2. The number of aromatic carboxylic acids is 1. The minimum Gasteiger partial charge on any atom is -0.496 e. The molecule has 2 aromatic carbocycles. The van der Waals surface area contributed by atoms with Gasteiger partial charge in [0.1, 0.15) is 5.75 Å². The zero-order valence-corrected chi connectivity index (χ0v) is 12.0. The number of carboxylic acid groups (broad SMARTS) is 1. The zero-order valence-electron chi connectivity index (χ0n) is 11.2. The van der Waals surface area contributed by atoms with Crippen molar-refractivity contribution in [1.82, 2.24) is 0 Å². The number of hydrazone groups is 1. The summed E-state index contributed by atoms with van der Waals surface area (Å²) in [5.74, 6) is -0.386. The second-order valence-corrected chi connectivity index (χ2v) is 4.52. The van der Waals surface area contributed by atoms with Crippen LogP contribution in [0, 0.1) is 0 Å². The second-order valence-electron chi connectivity index (χ2n) is 4.11. The van der Waals surface area contributed by atoms with Gasteiger partial charge in [0.05, 0.1) is 29.6 Å². The highest BCUT2D eigenvalue weighted by atomic mass is 35.5. The van der Waals surface area contributed by atoms with Crippen LogP contribution in [-0.4, -0.2) is 24.4 Å². The van der Waals surface area contributed by atoms with Gasteiger partial charge in [-0.3, -0.25) is 5.43 Å². The summed E-state index contributed by atoms with van der Waals surface area (Å²) in [6.07, 6.45) is 1.59. The maximum Gasteiger partial charge on any atom is 0.337 e. The molecule has 5 nitrogen and oxygen atoms in total. The topological polar surface area (TPSA) is 70.9 Å². The van der Waals surface area contributed by atoms with Gasteiger partial charge in [-0.1, -0.05) is 23.7 Å². The van der Waals surface area contributed by atoms with Crippen molar-refractivity contribution in [2.24, 2.45) is 5.10 Å². The number of halogens is 1. The number of hydrogen-bond acceptors (Lipinski definition) is 4. The maximum atomic E-state index is 11.0. The van der Waals surface area contributed by atoms with E-state index in [9.17, 15) is 4.79 Å². The largest absolute Gasteiger partial charge is 0.496 e. The van der Waals surface area contributed by atoms with Gasteiger partial charge >= 0.3 is 5.97 Å². The first-order valence-corrected chi connectivity index (χ1v) is 6.44. The Morgan fingerprint density at radius 2 is 2.10 bits per heavy atom. The summed E-state index contributed by atoms with van der Waals surface area (Å²) >= 11 is 5.80. The molecular formula is C15H13ClN2O3. The number of rotatable bonds is 5. The fraction of sp³-hybridized carbons (Fsp3) is 0.0667. The van der Waals surface area contributed by atoms with Crippen LogP contribution in [0.1, 0.15) is 15.9 Å². The molecule has 0 unspecified atom stereocenters. The molecule has 0 heterocycles. The summed E-state index contributed by atoms with van der Waals surface area (Å²) < 4.78 is 5.20. The summed E-state index contributed by atoms with van der Waals surface area (Å²) in [6.45, 7) is 0. The predicted octanol–water partition coefficient (Wildman–Crippen LogP) is 3.49. The van der Waals surface area contributed by atoms with E-state index in [1.165, 1.54) is 12.1 Å². The van der Waals surface area contributed by atoms with Crippen LogP contribution in [0.5, 0.6) is 5.75 Å². The van der Waals surface area contributed by atoms with E-state index < -0.39 is 5.97 Å². The molecule has 21 heavy (non-hydrogen) atoms. The highest BCUT2D eigenvalue weighted by molar-refractivity contribution is 6.33. The lowest BCUT2D eigenvalue weighted by Gasteiger charge is -2.05. The number of anilines is 1. The first-order valence-electron chi connectivity index (χ1n) is 6.06. The van der Waals surface area contributed by atoms with Crippen molar-refractivity contribution >= 4 is 29.5 Å². The minimum absolute atomic E-state index is 0.0224. The van der Waals surface area contributed by atoms with Crippen LogP contribution in [-0.2, 0) is 0 Å². The Balaban J connectivity index is 2.14. The monoisotopic (exact) mass is 304 g/mol. The van der Waals surface area contributed by atoms with Crippen LogP contribution in [0.2, 0.25) is 5.02 Å². The number of benzene rings is 2. The number of hydrogen-bond donors (Lipinski definition) is 2. The van der Waals surface area contributed by atoms with Crippen molar-refractivity contribution in [3.05, 3.63) is 58.6 Å². The van der Waals surface area contributed by atoms with Crippen LogP contribution in [0.3, 0.4) is 0 Å². The average molecular weight is 305 g/mol. The highest BCUT2D eigenvalue weighted by Gasteiger charge is 2.08. The molecule has 0 atom stereocenters. The van der Waals surface area contributed by atoms with Crippen LogP contribution in [0.25, 0.3) is 0 Å². The van der Waals surface area contributed by atoms with Crippen LogP contribution < -0.4 is 10.2 Å². The SMILES string of the molecule is COc1ccccc1/C=N/Nc1ccc(Cl)c(C(=O)O)c1. The van der Waals surface area contributed by atoms with E-state index in [0.29, 0.717) is 11.4 Å². The number of para-hydroxylation sites is 1. The minimum atomic E-state index is -1.09. The second kappa shape index (κ2) is 6.76. The molecule has 0 saturated carbocycles. The van der Waals surface area contributed by atoms with Gasteiger partial charge in [-0.25, -0.2) is 4.79 Å². The molecule has 0 amide bonds. The third kappa shape index (κ3) is 3.73. The lowest BCUT2D eigenvalue weighted by molar-refractivity contribution is 0.0697. The molecule has 0 aliphatic heterocycles. The first-order chi connectivity index (χ1) is 10.1. The number of ether oxygens (including phenoxy) is 1. The Kier molecular flexibility index (Phi) is 4.79. The molecule has 2 aromatic rings. The molecule has 0 bridgehead atoms. The predicted molar refractivity (Wildman–Crippen MR) is 82.6 cm³/mol. The number of nitrogens with one attached hydrogen (secondary N) is 1. The lowest BCUT2D eigenvalue weighted by Crippen LogP contribution is -1.99. The summed E-state index contributed by atoms with van der Waals surface area (Å²) in [7, 11) is 1.58. The Morgan fingerprint density at radius 3 is 2.81 bits per heavy atom. The van der Waals surface area contributed by atoms with Crippen LogP contribution >= 0.6 is 11.6 Å². The fourth-order valence-corrected chi connectivity index (χ4v) is 1.91. The normalized spacial score (nSPS) is 10.6. The molecule has 0 spiro atoms. The van der Waals surface area contributed by atoms with E-state index >= 15 is 0 Å². The molecule has 0 radical (unpaired) electrons. The van der Waals surface area contributed by atoms with Crippen LogP contribution in [0.4, 0.5) is 5.69 Å². The summed E-state index contributed by atoms with van der Waals surface area (Å²) in [5.41, 5.74) is 4.12. The van der Waals surface area contributed by atoms with Gasteiger partial charge < -0.3 is 9.84 Å². The Hall–Kier alpha value is -2.53. The van der Waals surface area contributed by atoms with E-state index in [1.807, 2.05) is 24.3 Å². The standard InChI is InChI=1S/C15H13ClN2O3/c1-21-14-5-3-2-4-10(14)9-17-18-11-6-7-13(16)12(8-11)15(19)20/h2-9,18H,1H3,(H,19,20)/b17-9+. The molecule has 6 heteroatoms. The van der Waals surface area contributed by atoms with E-state index in [1.54, 1.807) is 19.4 Å². The Morgan fingerprint density at radius 1 is 1.33 bits per heavy atom. The quantitative estimate of drug-likeness (QED) is 0.655. The molecule has 0 aromatic heterocycles. The van der Waals surface area contributed by atoms with E-state index in [4.69, 9.17) is 21.4 Å². The fourth-order valence-electron chi connectivity index (χ4n) is 1.71. The van der Waals surface area contributed by atoms with Crippen molar-refractivity contribution in [3.8, 4) is 5.75 Å². The van der Waals surface area contributed by atoms with Gasteiger partial charge in [0.15, 0.2) is 0 Å². The van der Waals surface area contributed by atoms with Gasteiger partial charge in [0.25, 0.3) is 0 Å². The van der Waals surface area contributed by atoms with Crippen molar-refractivity contribution in [2.45, 2.75) is 0 Å². The molecule has 2 N–H and O–H groups in total. The van der Waals surface area contributed by atoms with E-state index in [-0.39, 0.29) is 10.6 Å². The van der Waals surface area contributed by atoms with E-state index in [0.717, 1.165) is 5.56 Å². The molecule has 2 rings (SSSR count). The van der Waals surface area contributed by atoms with Crippen LogP contribution in [0.15, 0.2) is 47.6 Å². The summed E-state index contributed by atoms with van der Waals surface area (Å²) in [4.78, 5) is 11.0. The lowest BCUT2D eigenvalue weighted by atomic mass is 10.2. The molecule has 108 valence electrons. The smallest absolute Gasteiger partial charge is 0.337 e. The van der Waals surface area contributed by atoms with Crippen molar-refractivity contribution in [1.29, 1.82) is 0 Å². The number of methoxy groups -OCH3 is 1. The van der Waals surface area contributed by atoms with E-state index in [2.05, 4.69) is 10.5 Å². The molecule has 0 aliphatic rings. The maximum absolute atomic E-state index is 11.0.